The Kier molecular flexibility index (Phi) is 6.01. The van der Waals surface area contributed by atoms with E-state index in [9.17, 15) is 26.3 Å². The summed E-state index contributed by atoms with van der Waals surface area (Å²) in [6, 6.07) is 9.75. The highest BCUT2D eigenvalue weighted by Crippen LogP contribution is 2.45. The molecule has 1 aliphatic heterocycles. The van der Waals surface area contributed by atoms with E-state index in [-0.39, 0.29) is 40.2 Å². The van der Waals surface area contributed by atoms with Crippen LogP contribution in [-0.4, -0.2) is 16.9 Å². The first-order valence-electron chi connectivity index (χ1n) is 10.3. The highest BCUT2D eigenvalue weighted by atomic mass is 19.4. The highest BCUT2D eigenvalue weighted by Gasteiger charge is 2.40. The smallest absolute Gasteiger partial charge is 0.417 e. The summed E-state index contributed by atoms with van der Waals surface area (Å²) in [5.41, 5.74) is -1.94. The number of hydrogen-bond donors (Lipinski definition) is 1. The fourth-order valence-corrected chi connectivity index (χ4v) is 3.79. The number of amidine groups is 1. The van der Waals surface area contributed by atoms with Crippen LogP contribution in [-0.2, 0) is 12.4 Å². The molecule has 0 saturated carbocycles. The number of ether oxygens (including phenoxy) is 1. The molecule has 2 aromatic carbocycles. The van der Waals surface area contributed by atoms with E-state index >= 15 is 0 Å². The number of pyridine rings is 1. The van der Waals surface area contributed by atoms with E-state index in [0.29, 0.717) is 0 Å². The maximum absolute atomic E-state index is 13.9. The minimum absolute atomic E-state index is 0.0499. The molecular weight excluding hydrogens is 460 g/mol. The minimum atomic E-state index is -4.71. The van der Waals surface area contributed by atoms with Crippen LogP contribution in [0.15, 0.2) is 65.8 Å². The predicted octanol–water partition coefficient (Wildman–Crippen LogP) is 6.87. The van der Waals surface area contributed by atoms with Crippen LogP contribution in [0.1, 0.15) is 47.7 Å². The Balaban J connectivity index is 1.98. The van der Waals surface area contributed by atoms with E-state index in [1.165, 1.54) is 48.7 Å². The van der Waals surface area contributed by atoms with Gasteiger partial charge in [-0.15, -0.1) is 0 Å². The van der Waals surface area contributed by atoms with Crippen molar-refractivity contribution in [3.8, 4) is 5.88 Å². The molecule has 0 spiro atoms. The zero-order valence-corrected chi connectivity index (χ0v) is 18.0. The number of aromatic nitrogens is 1. The molecule has 1 aromatic heterocycles. The van der Waals surface area contributed by atoms with E-state index in [1.807, 2.05) is 0 Å². The third-order valence-electron chi connectivity index (χ3n) is 5.13. The molecule has 2 heterocycles. The van der Waals surface area contributed by atoms with E-state index in [1.54, 1.807) is 13.8 Å². The summed E-state index contributed by atoms with van der Waals surface area (Å²) in [7, 11) is 0. The van der Waals surface area contributed by atoms with Gasteiger partial charge in [0.25, 0.3) is 0 Å². The molecule has 0 fully saturated rings. The molecule has 4 rings (SSSR count). The molecule has 178 valence electrons. The minimum Gasteiger partial charge on any atom is -0.475 e. The van der Waals surface area contributed by atoms with Gasteiger partial charge in [0.05, 0.1) is 28.5 Å². The second-order valence-electron chi connectivity index (χ2n) is 7.88. The van der Waals surface area contributed by atoms with Crippen molar-refractivity contribution in [3.05, 3.63) is 88.6 Å². The first-order valence-corrected chi connectivity index (χ1v) is 10.3. The van der Waals surface area contributed by atoms with Crippen LogP contribution in [0.5, 0.6) is 5.88 Å². The SMILES string of the molecule is CC(C)Oc1nccc2c1C(c1ccccc1C(F)(F)F)N=C(c1ccccc1C(F)(F)F)N2. The number of nitrogens with one attached hydrogen (secondary N) is 1. The van der Waals surface area contributed by atoms with Crippen LogP contribution in [0.2, 0.25) is 0 Å². The maximum Gasteiger partial charge on any atom is 0.417 e. The van der Waals surface area contributed by atoms with Gasteiger partial charge in [0, 0.05) is 11.8 Å². The van der Waals surface area contributed by atoms with Gasteiger partial charge in [-0.2, -0.15) is 26.3 Å². The van der Waals surface area contributed by atoms with E-state index in [4.69, 9.17) is 4.74 Å². The molecule has 1 aliphatic rings. The van der Waals surface area contributed by atoms with Gasteiger partial charge in [0.15, 0.2) is 0 Å². The van der Waals surface area contributed by atoms with E-state index in [0.717, 1.165) is 12.1 Å². The summed E-state index contributed by atoms with van der Waals surface area (Å²) in [5, 5.41) is 2.85. The van der Waals surface area contributed by atoms with Gasteiger partial charge in [-0.25, -0.2) is 4.98 Å². The van der Waals surface area contributed by atoms with Crippen LogP contribution >= 0.6 is 0 Å². The van der Waals surface area contributed by atoms with Crippen LogP contribution in [0.4, 0.5) is 32.0 Å². The lowest BCUT2D eigenvalue weighted by molar-refractivity contribution is -0.138. The lowest BCUT2D eigenvalue weighted by Crippen LogP contribution is -2.27. The Hall–Kier alpha value is -3.56. The number of alkyl halides is 6. The first-order chi connectivity index (χ1) is 16.0. The van der Waals surface area contributed by atoms with Crippen molar-refractivity contribution in [1.82, 2.24) is 4.98 Å². The Bertz CT molecular complexity index is 1230. The van der Waals surface area contributed by atoms with E-state index < -0.39 is 29.5 Å². The average molecular weight is 479 g/mol. The van der Waals surface area contributed by atoms with Gasteiger partial charge >= 0.3 is 12.4 Å². The van der Waals surface area contributed by atoms with Gasteiger partial charge in [0.1, 0.15) is 11.9 Å². The van der Waals surface area contributed by atoms with Gasteiger partial charge in [-0.05, 0) is 37.6 Å². The van der Waals surface area contributed by atoms with Gasteiger partial charge < -0.3 is 10.1 Å². The number of fused-ring (bicyclic) bond motifs is 1. The van der Waals surface area contributed by atoms with Crippen LogP contribution in [0.3, 0.4) is 0 Å². The van der Waals surface area contributed by atoms with Crippen molar-refractivity contribution in [2.75, 3.05) is 5.32 Å². The molecule has 1 N–H and O–H groups in total. The monoisotopic (exact) mass is 479 g/mol. The van der Waals surface area contributed by atoms with Crippen molar-refractivity contribution in [2.24, 2.45) is 4.99 Å². The van der Waals surface area contributed by atoms with Crippen LogP contribution < -0.4 is 10.1 Å². The number of aliphatic imine (C=N–C) groups is 1. The highest BCUT2D eigenvalue weighted by molar-refractivity contribution is 6.11. The summed E-state index contributed by atoms with van der Waals surface area (Å²) in [6.45, 7) is 3.45. The molecule has 3 aromatic rings. The number of rotatable bonds is 4. The lowest BCUT2D eigenvalue weighted by Gasteiger charge is -2.29. The van der Waals surface area contributed by atoms with Crippen LogP contribution in [0.25, 0.3) is 0 Å². The second kappa shape index (κ2) is 8.66. The fraction of sp³-hybridized carbons (Fsp3) is 0.250. The summed E-state index contributed by atoms with van der Waals surface area (Å²) >= 11 is 0. The lowest BCUT2D eigenvalue weighted by atomic mass is 9.92. The number of halogens is 6. The summed E-state index contributed by atoms with van der Waals surface area (Å²) in [4.78, 5) is 8.53. The molecule has 0 amide bonds. The maximum atomic E-state index is 13.9. The number of anilines is 1. The number of hydrogen-bond acceptors (Lipinski definition) is 4. The third kappa shape index (κ3) is 4.57. The Morgan fingerprint density at radius 2 is 1.47 bits per heavy atom. The quantitative estimate of drug-likeness (QED) is 0.416. The van der Waals surface area contributed by atoms with Crippen molar-refractivity contribution in [2.45, 2.75) is 38.3 Å². The molecular formula is C24H19F6N3O. The predicted molar refractivity (Wildman–Crippen MR) is 115 cm³/mol. The van der Waals surface area contributed by atoms with Gasteiger partial charge in [0.2, 0.25) is 5.88 Å². The number of benzene rings is 2. The largest absolute Gasteiger partial charge is 0.475 e. The summed E-state index contributed by atoms with van der Waals surface area (Å²) in [5.74, 6) is -0.155. The average Bonchev–Trinajstić information content (AvgIpc) is 2.77. The Morgan fingerprint density at radius 3 is 2.12 bits per heavy atom. The summed E-state index contributed by atoms with van der Waals surface area (Å²) in [6.07, 6.45) is -8.38. The second-order valence-corrected chi connectivity index (χ2v) is 7.88. The molecule has 0 bridgehead atoms. The zero-order valence-electron chi connectivity index (χ0n) is 18.0. The molecule has 4 nitrogen and oxygen atoms in total. The topological polar surface area (TPSA) is 46.5 Å². The molecule has 0 aliphatic carbocycles. The fourth-order valence-electron chi connectivity index (χ4n) is 3.79. The zero-order chi connectivity index (χ0) is 24.7. The van der Waals surface area contributed by atoms with Crippen molar-refractivity contribution >= 4 is 11.5 Å². The van der Waals surface area contributed by atoms with Crippen LogP contribution in [0, 0.1) is 0 Å². The van der Waals surface area contributed by atoms with Crippen molar-refractivity contribution in [1.29, 1.82) is 0 Å². The number of nitrogens with zero attached hydrogens (tertiary/aromatic N) is 2. The molecule has 0 radical (unpaired) electrons. The molecule has 34 heavy (non-hydrogen) atoms. The summed E-state index contributed by atoms with van der Waals surface area (Å²) < 4.78 is 88.4. The standard InChI is InChI=1S/C24H19F6N3O/c1-13(2)34-22-19-18(11-12-31-22)32-21(15-8-4-6-10-17(15)24(28,29)30)33-20(19)14-7-3-5-9-16(14)23(25,26)27/h3-13,20H,1-2H3,(H,32,33). The third-order valence-corrected chi connectivity index (χ3v) is 5.13. The molecule has 1 atom stereocenters. The van der Waals surface area contributed by atoms with Gasteiger partial charge in [-0.3, -0.25) is 4.99 Å². The first kappa shape index (κ1) is 23.6. The van der Waals surface area contributed by atoms with Gasteiger partial charge in [-0.1, -0.05) is 36.4 Å². The molecule has 10 heteroatoms. The van der Waals surface area contributed by atoms with E-state index in [2.05, 4.69) is 15.3 Å². The Labute approximate surface area is 191 Å². The van der Waals surface area contributed by atoms with Crippen molar-refractivity contribution in [3.63, 3.8) is 0 Å². The molecule has 1 unspecified atom stereocenters. The van der Waals surface area contributed by atoms with Crippen molar-refractivity contribution < 1.29 is 31.1 Å². The Morgan fingerprint density at radius 1 is 0.853 bits per heavy atom. The normalized spacial score (nSPS) is 16.0. The molecule has 0 saturated heterocycles.